The number of aliphatic imine (C=N–C) groups is 1. The molecule has 36 heavy (non-hydrogen) atoms. The molecule has 0 atom stereocenters. The third kappa shape index (κ3) is 6.24. The van der Waals surface area contributed by atoms with Gasteiger partial charge in [-0.3, -0.25) is 25.4 Å². The molecule has 0 radical (unpaired) electrons. The predicted octanol–water partition coefficient (Wildman–Crippen LogP) is 4.19. The Labute approximate surface area is 208 Å². The number of ketones is 1. The molecule has 186 valence electrons. The summed E-state index contributed by atoms with van der Waals surface area (Å²) in [4.78, 5) is 33.3. The van der Waals surface area contributed by atoms with E-state index in [0.717, 1.165) is 35.4 Å². The number of carbonyl (C=O) groups excluding carboxylic acids is 2. The van der Waals surface area contributed by atoms with Gasteiger partial charge < -0.3 is 9.30 Å². The van der Waals surface area contributed by atoms with Gasteiger partial charge in [0.2, 0.25) is 5.91 Å². The number of Topliss-reactive ketones (excluding diaryl/α,β-unsaturated/α-hetero) is 1. The summed E-state index contributed by atoms with van der Waals surface area (Å²) in [6.07, 6.45) is 7.43. The van der Waals surface area contributed by atoms with Crippen LogP contribution >= 0.6 is 0 Å². The van der Waals surface area contributed by atoms with E-state index in [1.807, 2.05) is 42.0 Å². The molecule has 0 fully saturated rings. The zero-order chi connectivity index (χ0) is 25.5. The fraction of sp³-hybridized carbons (Fsp3) is 0.259. The molecule has 2 N–H and O–H groups in total. The third-order valence-corrected chi connectivity index (χ3v) is 5.78. The fourth-order valence-electron chi connectivity index (χ4n) is 3.89. The van der Waals surface area contributed by atoms with Crippen LogP contribution in [0, 0.1) is 12.7 Å². The number of nitrogens with one attached hydrogen (secondary N) is 2. The largest absolute Gasteiger partial charge is 0.495 e. The van der Waals surface area contributed by atoms with Crippen LogP contribution < -0.4 is 15.6 Å². The Balaban J connectivity index is 1.38. The van der Waals surface area contributed by atoms with Crippen LogP contribution in [0.5, 0.6) is 5.75 Å². The van der Waals surface area contributed by atoms with Crippen LogP contribution in [0.2, 0.25) is 0 Å². The fourth-order valence-corrected chi connectivity index (χ4v) is 3.89. The lowest BCUT2D eigenvalue weighted by Crippen LogP contribution is -2.43. The maximum absolute atomic E-state index is 13.0. The predicted molar refractivity (Wildman–Crippen MR) is 136 cm³/mol. The highest BCUT2D eigenvalue weighted by molar-refractivity contribution is 6.03. The molecule has 1 aromatic heterocycles. The van der Waals surface area contributed by atoms with E-state index in [1.54, 1.807) is 13.4 Å². The summed E-state index contributed by atoms with van der Waals surface area (Å²) in [7, 11) is 1.63. The Kier molecular flexibility index (Phi) is 7.89. The smallest absolute Gasteiger partial charge is 0.238 e. The van der Waals surface area contributed by atoms with Gasteiger partial charge in [-0.25, -0.2) is 9.37 Å². The van der Waals surface area contributed by atoms with Gasteiger partial charge in [0.1, 0.15) is 17.4 Å². The van der Waals surface area contributed by atoms with Crippen molar-refractivity contribution in [3.63, 3.8) is 0 Å². The lowest BCUT2D eigenvalue weighted by atomic mass is 10.0. The average Bonchev–Trinajstić information content (AvgIpc) is 3.33. The number of carbonyl (C=O) groups is 2. The number of benzene rings is 2. The number of methoxy groups -OCH3 is 1. The molecular formula is C27H28FN5O3. The van der Waals surface area contributed by atoms with Gasteiger partial charge in [0.05, 0.1) is 24.8 Å². The van der Waals surface area contributed by atoms with Crippen molar-refractivity contribution in [1.82, 2.24) is 20.4 Å². The van der Waals surface area contributed by atoms with E-state index in [1.165, 1.54) is 24.3 Å². The number of hydrogen-bond donors (Lipinski definition) is 2. The van der Waals surface area contributed by atoms with E-state index in [0.29, 0.717) is 23.7 Å². The molecule has 9 heteroatoms. The first-order valence-electron chi connectivity index (χ1n) is 11.7. The normalized spacial score (nSPS) is 14.3. The number of rotatable bonds is 7. The van der Waals surface area contributed by atoms with E-state index < -0.39 is 5.82 Å². The van der Waals surface area contributed by atoms with Crippen LogP contribution in [0.4, 0.5) is 4.39 Å². The van der Waals surface area contributed by atoms with Crippen molar-refractivity contribution in [3.05, 3.63) is 83.2 Å². The van der Waals surface area contributed by atoms with Crippen LogP contribution in [0.25, 0.3) is 11.8 Å². The zero-order valence-corrected chi connectivity index (χ0v) is 20.3. The monoisotopic (exact) mass is 489 g/mol. The number of halogens is 1. The van der Waals surface area contributed by atoms with Crippen molar-refractivity contribution in [2.24, 2.45) is 4.99 Å². The number of ether oxygens (including phenoxy) is 1. The van der Waals surface area contributed by atoms with Crippen molar-refractivity contribution in [2.45, 2.75) is 32.6 Å². The number of imidazole rings is 1. The van der Waals surface area contributed by atoms with Crippen LogP contribution in [-0.2, 0) is 4.79 Å². The van der Waals surface area contributed by atoms with Gasteiger partial charge in [-0.05, 0) is 73.4 Å². The highest BCUT2D eigenvalue weighted by Crippen LogP contribution is 2.26. The number of hydrazine groups is 1. The van der Waals surface area contributed by atoms with Crippen LogP contribution in [0.15, 0.2) is 65.6 Å². The highest BCUT2D eigenvalue weighted by Gasteiger charge is 2.15. The minimum absolute atomic E-state index is 0.00191. The molecule has 1 amide bonds. The maximum Gasteiger partial charge on any atom is 0.238 e. The van der Waals surface area contributed by atoms with Crippen molar-refractivity contribution in [1.29, 1.82) is 0 Å². The molecule has 8 nitrogen and oxygen atoms in total. The van der Waals surface area contributed by atoms with Crippen molar-refractivity contribution in [2.75, 3.05) is 13.7 Å². The van der Waals surface area contributed by atoms with Crippen LogP contribution in [0.1, 0.15) is 47.3 Å². The van der Waals surface area contributed by atoms with Crippen molar-refractivity contribution >= 4 is 23.6 Å². The second-order valence-corrected chi connectivity index (χ2v) is 8.46. The number of hydrogen-bond acceptors (Lipinski definition) is 6. The Morgan fingerprint density at radius 2 is 1.97 bits per heavy atom. The second-order valence-electron chi connectivity index (χ2n) is 8.46. The molecule has 0 aliphatic carbocycles. The van der Waals surface area contributed by atoms with Crippen LogP contribution in [-0.4, -0.2) is 40.7 Å². The molecule has 0 saturated heterocycles. The summed E-state index contributed by atoms with van der Waals surface area (Å²) in [5.41, 5.74) is 9.62. The first-order valence-corrected chi connectivity index (χ1v) is 11.7. The Morgan fingerprint density at radius 1 is 1.17 bits per heavy atom. The Hall–Kier alpha value is -4.27. The summed E-state index contributed by atoms with van der Waals surface area (Å²) < 4.78 is 20.5. The summed E-state index contributed by atoms with van der Waals surface area (Å²) in [5, 5.41) is 0. The van der Waals surface area contributed by atoms with Gasteiger partial charge in [-0.15, -0.1) is 0 Å². The second kappa shape index (κ2) is 11.4. The molecule has 3 aromatic rings. The van der Waals surface area contributed by atoms with Gasteiger partial charge >= 0.3 is 0 Å². The maximum atomic E-state index is 13.0. The van der Waals surface area contributed by atoms with Gasteiger partial charge in [-0.2, -0.15) is 0 Å². The number of amidine groups is 1. The molecule has 2 aromatic carbocycles. The molecule has 1 aliphatic heterocycles. The van der Waals surface area contributed by atoms with Gasteiger partial charge in [0.25, 0.3) is 0 Å². The average molecular weight is 490 g/mol. The highest BCUT2D eigenvalue weighted by atomic mass is 19.1. The van der Waals surface area contributed by atoms with Gasteiger partial charge in [0, 0.05) is 31.1 Å². The summed E-state index contributed by atoms with van der Waals surface area (Å²) in [5.74, 6) is 0.341. The van der Waals surface area contributed by atoms with Crippen LogP contribution in [0.3, 0.4) is 0 Å². The molecule has 0 saturated carbocycles. The lowest BCUT2D eigenvalue weighted by Gasteiger charge is -2.18. The van der Waals surface area contributed by atoms with Crippen molar-refractivity contribution < 1.29 is 18.7 Å². The number of amides is 1. The van der Waals surface area contributed by atoms with E-state index in [-0.39, 0.29) is 24.5 Å². The summed E-state index contributed by atoms with van der Waals surface area (Å²) in [6, 6.07) is 11.2. The first kappa shape index (κ1) is 24.8. The number of nitrogens with zero attached hydrogens (tertiary/aromatic N) is 3. The van der Waals surface area contributed by atoms with E-state index >= 15 is 0 Å². The molecule has 4 rings (SSSR count). The molecule has 0 unspecified atom stereocenters. The molecule has 1 aliphatic rings. The first-order chi connectivity index (χ1) is 17.4. The van der Waals surface area contributed by atoms with E-state index in [4.69, 9.17) is 4.74 Å². The van der Waals surface area contributed by atoms with Crippen molar-refractivity contribution in [3.8, 4) is 11.4 Å². The Bertz CT molecular complexity index is 1310. The molecule has 2 heterocycles. The topological polar surface area (TPSA) is 97.6 Å². The van der Waals surface area contributed by atoms with Gasteiger partial charge in [-0.1, -0.05) is 6.07 Å². The SMILES string of the molecule is COc1cc(C=C2CCCN=C2NNC(=O)CCC(=O)c2ccc(F)cc2)ccc1-n1cnc(C)c1. The molecule has 0 bridgehead atoms. The lowest BCUT2D eigenvalue weighted by molar-refractivity contribution is -0.121. The molecule has 0 spiro atoms. The third-order valence-electron chi connectivity index (χ3n) is 5.78. The number of aryl methyl sites for hydroxylation is 1. The standard InChI is InChI=1S/C27H28FN5O3/c1-18-16-33(17-30-18)23-10-5-19(15-25(23)36-2)14-21-4-3-13-29-27(21)32-31-26(35)12-11-24(34)20-6-8-22(28)9-7-20/h5-10,14-17H,3-4,11-13H2,1-2H3,(H,29,32)(H,31,35). The Morgan fingerprint density at radius 3 is 2.69 bits per heavy atom. The summed E-state index contributed by atoms with van der Waals surface area (Å²) >= 11 is 0. The minimum atomic E-state index is -0.409. The number of aromatic nitrogens is 2. The van der Waals surface area contributed by atoms with E-state index in [9.17, 15) is 14.0 Å². The molecular weight excluding hydrogens is 461 g/mol. The van der Waals surface area contributed by atoms with E-state index in [2.05, 4.69) is 20.8 Å². The zero-order valence-electron chi connectivity index (χ0n) is 20.3. The van der Waals surface area contributed by atoms with Gasteiger partial charge in [0.15, 0.2) is 5.78 Å². The minimum Gasteiger partial charge on any atom is -0.495 e. The quantitative estimate of drug-likeness (QED) is 0.383. The summed E-state index contributed by atoms with van der Waals surface area (Å²) in [6.45, 7) is 2.59.